The highest BCUT2D eigenvalue weighted by atomic mass is 19.3. The van der Waals surface area contributed by atoms with Gasteiger partial charge in [0.1, 0.15) is 11.5 Å². The number of nitrogens with zero attached hydrogens (tertiary/aromatic N) is 2. The van der Waals surface area contributed by atoms with Gasteiger partial charge in [0.2, 0.25) is 0 Å². The summed E-state index contributed by atoms with van der Waals surface area (Å²) in [6, 6.07) is 14.0. The molecule has 1 saturated heterocycles. The summed E-state index contributed by atoms with van der Waals surface area (Å²) >= 11 is 0. The quantitative estimate of drug-likeness (QED) is 0.472. The highest BCUT2D eigenvalue weighted by molar-refractivity contribution is 5.80. The molecule has 1 heterocycles. The minimum atomic E-state index is -2.82. The monoisotopic (exact) mass is 418 g/mol. The normalized spacial score (nSPS) is 17.1. The zero-order valence-electron chi connectivity index (χ0n) is 17.0. The third-order valence-corrected chi connectivity index (χ3v) is 4.89. The first kappa shape index (κ1) is 21.7. The van der Waals surface area contributed by atoms with Gasteiger partial charge in [-0.05, 0) is 61.7 Å². The van der Waals surface area contributed by atoms with Gasteiger partial charge < -0.3 is 25.4 Å². The van der Waals surface area contributed by atoms with E-state index in [1.54, 1.807) is 24.3 Å². The molecule has 0 radical (unpaired) electrons. The maximum Gasteiger partial charge on any atom is 0.387 e. The Hall–Kier alpha value is -3.03. The molecule has 1 aliphatic rings. The minimum Gasteiger partial charge on any atom is -0.508 e. The molecule has 8 heteroatoms. The lowest BCUT2D eigenvalue weighted by molar-refractivity contribution is -0.0498. The van der Waals surface area contributed by atoms with Crippen molar-refractivity contribution in [1.29, 1.82) is 0 Å². The molecule has 0 aromatic heterocycles. The van der Waals surface area contributed by atoms with E-state index in [-0.39, 0.29) is 17.5 Å². The molecule has 0 saturated carbocycles. The van der Waals surface area contributed by atoms with Crippen LogP contribution in [0.1, 0.15) is 25.3 Å². The van der Waals surface area contributed by atoms with Gasteiger partial charge in [0.05, 0.1) is 6.54 Å². The summed E-state index contributed by atoms with van der Waals surface area (Å²) in [5.74, 6) is 1.15. The van der Waals surface area contributed by atoms with E-state index >= 15 is 0 Å². The number of halogens is 2. The summed E-state index contributed by atoms with van der Waals surface area (Å²) < 4.78 is 29.1. The molecule has 162 valence electrons. The zero-order chi connectivity index (χ0) is 21.3. The molecule has 3 N–H and O–H groups in total. The van der Waals surface area contributed by atoms with Gasteiger partial charge in [0.25, 0.3) is 0 Å². The van der Waals surface area contributed by atoms with Crippen molar-refractivity contribution in [3.05, 3.63) is 54.1 Å². The molecule has 1 atom stereocenters. The number of hydrogen-bond acceptors (Lipinski definition) is 4. The van der Waals surface area contributed by atoms with Crippen LogP contribution in [-0.2, 0) is 6.54 Å². The van der Waals surface area contributed by atoms with Crippen LogP contribution in [0.5, 0.6) is 11.5 Å². The van der Waals surface area contributed by atoms with Crippen LogP contribution in [0.2, 0.25) is 0 Å². The first-order valence-corrected chi connectivity index (χ1v) is 10.2. The Morgan fingerprint density at radius 1 is 1.20 bits per heavy atom. The first-order chi connectivity index (χ1) is 14.5. The number of phenols is 1. The van der Waals surface area contributed by atoms with Crippen LogP contribution in [0, 0.1) is 0 Å². The number of nitrogens with one attached hydrogen (secondary N) is 2. The van der Waals surface area contributed by atoms with Crippen LogP contribution in [0.4, 0.5) is 14.5 Å². The van der Waals surface area contributed by atoms with Crippen LogP contribution in [0.25, 0.3) is 0 Å². The predicted octanol–water partition coefficient (Wildman–Crippen LogP) is 3.72. The van der Waals surface area contributed by atoms with Gasteiger partial charge in [0, 0.05) is 31.4 Å². The van der Waals surface area contributed by atoms with Gasteiger partial charge in [-0.1, -0.05) is 12.1 Å². The molecule has 0 bridgehead atoms. The summed E-state index contributed by atoms with van der Waals surface area (Å²) in [5.41, 5.74) is 2.00. The molecule has 2 aromatic rings. The van der Waals surface area contributed by atoms with Crippen LogP contribution < -0.4 is 20.3 Å². The van der Waals surface area contributed by atoms with Crippen molar-refractivity contribution >= 4 is 11.6 Å². The number of aliphatic imine (C=N–C) groups is 1. The lowest BCUT2D eigenvalue weighted by Gasteiger charge is -2.35. The molecule has 0 amide bonds. The SMILES string of the molecule is CCNC(=NCc1ccc(O)cc1)NC1CCCN(c2ccc(OC(F)F)cc2)C1. The van der Waals surface area contributed by atoms with Gasteiger partial charge in [0.15, 0.2) is 5.96 Å². The highest BCUT2D eigenvalue weighted by Gasteiger charge is 2.21. The van der Waals surface area contributed by atoms with Crippen LogP contribution in [0.15, 0.2) is 53.5 Å². The van der Waals surface area contributed by atoms with Crippen molar-refractivity contribution in [1.82, 2.24) is 10.6 Å². The number of rotatable bonds is 7. The Bertz CT molecular complexity index is 813. The smallest absolute Gasteiger partial charge is 0.387 e. The Morgan fingerprint density at radius 2 is 1.93 bits per heavy atom. The van der Waals surface area contributed by atoms with E-state index in [0.29, 0.717) is 6.54 Å². The van der Waals surface area contributed by atoms with Crippen molar-refractivity contribution in [2.45, 2.75) is 39.0 Å². The molecular weight excluding hydrogens is 390 g/mol. The fourth-order valence-electron chi connectivity index (χ4n) is 3.45. The average molecular weight is 418 g/mol. The van der Waals surface area contributed by atoms with E-state index in [9.17, 15) is 13.9 Å². The third-order valence-electron chi connectivity index (χ3n) is 4.89. The average Bonchev–Trinajstić information content (AvgIpc) is 2.74. The van der Waals surface area contributed by atoms with E-state index in [1.807, 2.05) is 31.2 Å². The molecule has 0 aliphatic carbocycles. The largest absolute Gasteiger partial charge is 0.508 e. The first-order valence-electron chi connectivity index (χ1n) is 10.2. The zero-order valence-corrected chi connectivity index (χ0v) is 17.0. The lowest BCUT2D eigenvalue weighted by atomic mass is 10.0. The number of hydrogen-bond donors (Lipinski definition) is 3. The van der Waals surface area contributed by atoms with Crippen molar-refractivity contribution in [3.8, 4) is 11.5 Å². The second-order valence-electron chi connectivity index (χ2n) is 7.16. The number of anilines is 1. The lowest BCUT2D eigenvalue weighted by Crippen LogP contribution is -2.51. The van der Waals surface area contributed by atoms with Gasteiger partial charge in [-0.3, -0.25) is 0 Å². The summed E-state index contributed by atoms with van der Waals surface area (Å²) in [7, 11) is 0. The van der Waals surface area contributed by atoms with Crippen molar-refractivity contribution < 1.29 is 18.6 Å². The Morgan fingerprint density at radius 3 is 2.60 bits per heavy atom. The maximum atomic E-state index is 12.3. The Kier molecular flexibility index (Phi) is 7.70. The number of ether oxygens (including phenoxy) is 1. The fraction of sp³-hybridized carbons (Fsp3) is 0.409. The fourth-order valence-corrected chi connectivity index (χ4v) is 3.45. The second kappa shape index (κ2) is 10.7. The molecular formula is C22H28F2N4O2. The maximum absolute atomic E-state index is 12.3. The molecule has 6 nitrogen and oxygen atoms in total. The van der Waals surface area contributed by atoms with Gasteiger partial charge >= 0.3 is 6.61 Å². The van der Waals surface area contributed by atoms with E-state index in [0.717, 1.165) is 49.7 Å². The minimum absolute atomic E-state index is 0.163. The summed E-state index contributed by atoms with van der Waals surface area (Å²) in [4.78, 5) is 6.88. The Labute approximate surface area is 175 Å². The Balaban J connectivity index is 1.60. The molecule has 1 unspecified atom stereocenters. The topological polar surface area (TPSA) is 69.1 Å². The van der Waals surface area contributed by atoms with Crippen LogP contribution in [0.3, 0.4) is 0 Å². The van der Waals surface area contributed by atoms with E-state index in [4.69, 9.17) is 0 Å². The second-order valence-corrected chi connectivity index (χ2v) is 7.16. The highest BCUT2D eigenvalue weighted by Crippen LogP contribution is 2.24. The van der Waals surface area contributed by atoms with Crippen molar-refractivity contribution in [3.63, 3.8) is 0 Å². The molecule has 0 spiro atoms. The van der Waals surface area contributed by atoms with Crippen molar-refractivity contribution in [2.75, 3.05) is 24.5 Å². The molecule has 1 fully saturated rings. The number of aromatic hydroxyl groups is 1. The predicted molar refractivity (Wildman–Crippen MR) is 114 cm³/mol. The summed E-state index contributed by atoms with van der Waals surface area (Å²) in [6.07, 6.45) is 2.04. The number of guanidine groups is 1. The number of piperidine rings is 1. The van der Waals surface area contributed by atoms with Gasteiger partial charge in [-0.15, -0.1) is 0 Å². The van der Waals surface area contributed by atoms with E-state index < -0.39 is 6.61 Å². The molecule has 3 rings (SSSR count). The molecule has 1 aliphatic heterocycles. The van der Waals surface area contributed by atoms with Gasteiger partial charge in [-0.2, -0.15) is 8.78 Å². The van der Waals surface area contributed by atoms with Gasteiger partial charge in [-0.25, -0.2) is 4.99 Å². The molecule has 2 aromatic carbocycles. The van der Waals surface area contributed by atoms with Crippen LogP contribution in [-0.4, -0.2) is 43.4 Å². The third kappa shape index (κ3) is 6.50. The van der Waals surface area contributed by atoms with Crippen LogP contribution >= 0.6 is 0 Å². The summed E-state index contributed by atoms with van der Waals surface area (Å²) in [6.45, 7) is 2.17. The summed E-state index contributed by atoms with van der Waals surface area (Å²) in [5, 5.41) is 16.2. The van der Waals surface area contributed by atoms with Crippen molar-refractivity contribution in [2.24, 2.45) is 4.99 Å². The molecule has 30 heavy (non-hydrogen) atoms. The number of benzene rings is 2. The standard InChI is InChI=1S/C22H28F2N4O2/c1-2-25-22(26-14-16-5-9-19(29)10-6-16)27-17-4-3-13-28(15-17)18-7-11-20(12-8-18)30-21(23)24/h5-12,17,21,29H,2-4,13-15H2,1H3,(H2,25,26,27). The van der Waals surface area contributed by atoms with E-state index in [1.165, 1.54) is 0 Å². The number of phenolic OH excluding ortho intramolecular Hbond substituents is 1. The number of alkyl halides is 2. The van der Waals surface area contributed by atoms with E-state index in [2.05, 4.69) is 25.3 Å².